The molecule has 1 amide bonds. The van der Waals surface area contributed by atoms with E-state index in [1.165, 1.54) is 12.0 Å². The average Bonchev–Trinajstić information content (AvgIpc) is 2.26. The molecular weight excluding hydrogens is 234 g/mol. The Hall–Kier alpha value is -1.52. The Bertz CT molecular complexity index is 341. The van der Waals surface area contributed by atoms with Crippen LogP contribution in [-0.2, 0) is 14.3 Å². The Morgan fingerprint density at radius 2 is 1.94 bits per heavy atom. The molecule has 1 rings (SSSR count). The monoisotopic (exact) mass is 257 g/mol. The largest absolute Gasteiger partial charge is 0.466 e. The lowest BCUT2D eigenvalue weighted by Crippen LogP contribution is -2.41. The Balaban J connectivity index is 0.00000289. The molecule has 0 radical (unpaired) electrons. The SMILES string of the molecule is C.COC(=O)C1=CCCN(C(=O)OC(C)(C)C)C1. The zero-order valence-electron chi connectivity index (χ0n) is 10.8. The van der Waals surface area contributed by atoms with E-state index >= 15 is 0 Å². The first-order chi connectivity index (χ1) is 7.83. The van der Waals surface area contributed by atoms with E-state index in [0.29, 0.717) is 18.5 Å². The summed E-state index contributed by atoms with van der Waals surface area (Å²) < 4.78 is 9.88. The molecule has 0 saturated carbocycles. The number of rotatable bonds is 1. The van der Waals surface area contributed by atoms with Crippen LogP contribution in [0.25, 0.3) is 0 Å². The first kappa shape index (κ1) is 16.5. The molecule has 5 heteroatoms. The maximum atomic E-state index is 11.8. The predicted octanol–water partition coefficient (Wildman–Crippen LogP) is 2.36. The summed E-state index contributed by atoms with van der Waals surface area (Å²) >= 11 is 0. The number of hydrogen-bond acceptors (Lipinski definition) is 4. The van der Waals surface area contributed by atoms with Crippen molar-refractivity contribution < 1.29 is 19.1 Å². The molecule has 0 unspecified atom stereocenters. The third-order valence-electron chi connectivity index (χ3n) is 2.25. The molecule has 1 aliphatic rings. The fraction of sp³-hybridized carbons (Fsp3) is 0.692. The zero-order chi connectivity index (χ0) is 13.1. The van der Waals surface area contributed by atoms with Crippen molar-refractivity contribution in [2.24, 2.45) is 0 Å². The van der Waals surface area contributed by atoms with Crippen LogP contribution in [0.5, 0.6) is 0 Å². The highest BCUT2D eigenvalue weighted by molar-refractivity contribution is 5.89. The molecular formula is C13H23NO4. The first-order valence-electron chi connectivity index (χ1n) is 5.59. The topological polar surface area (TPSA) is 55.8 Å². The second-order valence-corrected chi connectivity index (χ2v) is 4.91. The summed E-state index contributed by atoms with van der Waals surface area (Å²) in [4.78, 5) is 24.7. The number of esters is 1. The molecule has 5 nitrogen and oxygen atoms in total. The van der Waals surface area contributed by atoms with E-state index in [1.54, 1.807) is 6.08 Å². The van der Waals surface area contributed by atoms with Gasteiger partial charge in [0.2, 0.25) is 0 Å². The van der Waals surface area contributed by atoms with Crippen LogP contribution in [0, 0.1) is 0 Å². The molecule has 18 heavy (non-hydrogen) atoms. The third kappa shape index (κ3) is 4.77. The fourth-order valence-electron chi connectivity index (χ4n) is 1.51. The van der Waals surface area contributed by atoms with E-state index < -0.39 is 17.7 Å². The van der Waals surface area contributed by atoms with Crippen LogP contribution in [0.15, 0.2) is 11.6 Å². The van der Waals surface area contributed by atoms with E-state index in [-0.39, 0.29) is 14.0 Å². The van der Waals surface area contributed by atoms with Gasteiger partial charge in [0.25, 0.3) is 0 Å². The number of carbonyl (C=O) groups excluding carboxylic acids is 2. The summed E-state index contributed by atoms with van der Waals surface area (Å²) in [5.41, 5.74) is -0.0199. The van der Waals surface area contributed by atoms with Crippen LogP contribution in [0.3, 0.4) is 0 Å². The smallest absolute Gasteiger partial charge is 0.410 e. The summed E-state index contributed by atoms with van der Waals surface area (Å²) in [6.45, 7) is 6.25. The van der Waals surface area contributed by atoms with Gasteiger partial charge in [0.1, 0.15) is 5.60 Å². The maximum absolute atomic E-state index is 11.8. The molecule has 0 atom stereocenters. The van der Waals surface area contributed by atoms with Crippen molar-refractivity contribution in [3.05, 3.63) is 11.6 Å². The minimum Gasteiger partial charge on any atom is -0.466 e. The molecule has 0 aromatic carbocycles. The number of hydrogen-bond donors (Lipinski definition) is 0. The van der Waals surface area contributed by atoms with Gasteiger partial charge in [0, 0.05) is 6.54 Å². The predicted molar refractivity (Wildman–Crippen MR) is 69.3 cm³/mol. The van der Waals surface area contributed by atoms with Gasteiger partial charge in [0.05, 0.1) is 19.2 Å². The van der Waals surface area contributed by atoms with Crippen LogP contribution in [-0.4, -0.2) is 42.8 Å². The molecule has 0 aromatic rings. The molecule has 0 N–H and O–H groups in total. The summed E-state index contributed by atoms with van der Waals surface area (Å²) in [6.07, 6.45) is 2.04. The number of carbonyl (C=O) groups is 2. The maximum Gasteiger partial charge on any atom is 0.410 e. The zero-order valence-corrected chi connectivity index (χ0v) is 10.8. The van der Waals surface area contributed by atoms with Gasteiger partial charge in [-0.25, -0.2) is 9.59 Å². The highest BCUT2D eigenvalue weighted by Crippen LogP contribution is 2.15. The minimum absolute atomic E-state index is 0. The van der Waals surface area contributed by atoms with Crippen molar-refractivity contribution >= 4 is 12.1 Å². The molecule has 0 spiro atoms. The molecule has 0 saturated heterocycles. The second-order valence-electron chi connectivity index (χ2n) is 4.91. The molecule has 1 heterocycles. The number of nitrogens with zero attached hydrogens (tertiary/aromatic N) is 1. The van der Waals surface area contributed by atoms with Crippen molar-refractivity contribution in [1.82, 2.24) is 4.90 Å². The van der Waals surface area contributed by atoms with E-state index in [4.69, 9.17) is 4.74 Å². The van der Waals surface area contributed by atoms with Crippen molar-refractivity contribution in [3.63, 3.8) is 0 Å². The third-order valence-corrected chi connectivity index (χ3v) is 2.25. The molecule has 104 valence electrons. The van der Waals surface area contributed by atoms with Crippen LogP contribution >= 0.6 is 0 Å². The van der Waals surface area contributed by atoms with Crippen LogP contribution in [0.4, 0.5) is 4.79 Å². The van der Waals surface area contributed by atoms with Crippen molar-refractivity contribution in [1.29, 1.82) is 0 Å². The summed E-state index contributed by atoms with van der Waals surface area (Å²) in [5, 5.41) is 0. The van der Waals surface area contributed by atoms with E-state index in [2.05, 4.69) is 4.74 Å². The van der Waals surface area contributed by atoms with Gasteiger partial charge >= 0.3 is 12.1 Å². The Morgan fingerprint density at radius 3 is 2.44 bits per heavy atom. The lowest BCUT2D eigenvalue weighted by atomic mass is 10.1. The van der Waals surface area contributed by atoms with Gasteiger partial charge in [0.15, 0.2) is 0 Å². The van der Waals surface area contributed by atoms with Crippen molar-refractivity contribution in [3.8, 4) is 0 Å². The quantitative estimate of drug-likeness (QED) is 0.677. The second kappa shape index (κ2) is 6.42. The Morgan fingerprint density at radius 1 is 1.33 bits per heavy atom. The Kier molecular flexibility index (Phi) is 5.88. The van der Waals surface area contributed by atoms with Gasteiger partial charge in [-0.05, 0) is 27.2 Å². The highest BCUT2D eigenvalue weighted by atomic mass is 16.6. The standard InChI is InChI=1S/C12H19NO4.CH4/c1-12(2,3)17-11(15)13-7-5-6-9(8-13)10(14)16-4;/h6H,5,7-8H2,1-4H3;1H4. The van der Waals surface area contributed by atoms with Crippen LogP contribution in [0.2, 0.25) is 0 Å². The molecule has 0 aromatic heterocycles. The van der Waals surface area contributed by atoms with E-state index in [9.17, 15) is 9.59 Å². The average molecular weight is 257 g/mol. The van der Waals surface area contributed by atoms with Gasteiger partial charge in [-0.1, -0.05) is 13.5 Å². The Labute approximate surface area is 109 Å². The fourth-order valence-corrected chi connectivity index (χ4v) is 1.51. The number of methoxy groups -OCH3 is 1. The van der Waals surface area contributed by atoms with Gasteiger partial charge in [-0.2, -0.15) is 0 Å². The number of ether oxygens (including phenoxy) is 2. The van der Waals surface area contributed by atoms with E-state index in [0.717, 1.165) is 0 Å². The molecule has 0 fully saturated rings. The van der Waals surface area contributed by atoms with Crippen LogP contribution < -0.4 is 0 Å². The molecule has 0 bridgehead atoms. The van der Waals surface area contributed by atoms with Crippen LogP contribution in [0.1, 0.15) is 34.6 Å². The highest BCUT2D eigenvalue weighted by Gasteiger charge is 2.26. The lowest BCUT2D eigenvalue weighted by molar-refractivity contribution is -0.136. The summed E-state index contributed by atoms with van der Waals surface area (Å²) in [7, 11) is 1.33. The van der Waals surface area contributed by atoms with Gasteiger partial charge < -0.3 is 14.4 Å². The van der Waals surface area contributed by atoms with Crippen molar-refractivity contribution in [2.75, 3.05) is 20.2 Å². The lowest BCUT2D eigenvalue weighted by Gasteiger charge is -2.29. The van der Waals surface area contributed by atoms with E-state index in [1.807, 2.05) is 20.8 Å². The molecule has 0 aliphatic carbocycles. The van der Waals surface area contributed by atoms with Gasteiger partial charge in [-0.3, -0.25) is 0 Å². The summed E-state index contributed by atoms with van der Waals surface area (Å²) in [6, 6.07) is 0. The molecule has 1 aliphatic heterocycles. The number of amides is 1. The minimum atomic E-state index is -0.524. The van der Waals surface area contributed by atoms with Crippen molar-refractivity contribution in [2.45, 2.75) is 40.2 Å². The first-order valence-corrected chi connectivity index (χ1v) is 5.59. The normalized spacial score (nSPS) is 15.3. The summed E-state index contributed by atoms with van der Waals surface area (Å²) in [5.74, 6) is -0.391. The van der Waals surface area contributed by atoms with Gasteiger partial charge in [-0.15, -0.1) is 0 Å².